The maximum absolute atomic E-state index is 12.7. The third-order valence-electron chi connectivity index (χ3n) is 6.80. The predicted molar refractivity (Wildman–Crippen MR) is 131 cm³/mol. The van der Waals surface area contributed by atoms with Crippen molar-refractivity contribution in [2.24, 2.45) is 16.8 Å². The predicted octanol–water partition coefficient (Wildman–Crippen LogP) is 5.81. The lowest BCUT2D eigenvalue weighted by atomic mass is 9.81. The van der Waals surface area contributed by atoms with Gasteiger partial charge in [0, 0.05) is 35.8 Å². The van der Waals surface area contributed by atoms with Crippen molar-refractivity contribution < 1.29 is 4.79 Å². The van der Waals surface area contributed by atoms with Crippen molar-refractivity contribution in [3.05, 3.63) is 57.1 Å². The molecule has 0 saturated heterocycles. The molecule has 0 bridgehead atoms. The molecule has 32 heavy (non-hydrogen) atoms. The summed E-state index contributed by atoms with van der Waals surface area (Å²) in [6.45, 7) is 3.18. The zero-order chi connectivity index (χ0) is 21.9. The molecular weight excluding hydrogens is 440 g/mol. The van der Waals surface area contributed by atoms with Gasteiger partial charge in [-0.1, -0.05) is 23.7 Å². The fraction of sp³-hybridized carbons (Fsp3) is 0.440. The van der Waals surface area contributed by atoms with Crippen molar-refractivity contribution in [3.63, 3.8) is 0 Å². The summed E-state index contributed by atoms with van der Waals surface area (Å²) in [5.41, 5.74) is 2.64. The number of thiazole rings is 1. The summed E-state index contributed by atoms with van der Waals surface area (Å²) in [4.78, 5) is 29.7. The van der Waals surface area contributed by atoms with Crippen molar-refractivity contribution in [1.29, 1.82) is 0 Å². The molecule has 1 fully saturated rings. The number of hydrogen-bond donors (Lipinski definition) is 0. The molecule has 2 aliphatic rings. The minimum atomic E-state index is -0.169. The van der Waals surface area contributed by atoms with E-state index in [0.717, 1.165) is 55.7 Å². The monoisotopic (exact) mass is 466 g/mol. The van der Waals surface area contributed by atoms with E-state index in [1.165, 1.54) is 29.8 Å². The summed E-state index contributed by atoms with van der Waals surface area (Å²) in [7, 11) is 0. The number of benzene rings is 1. The largest absolute Gasteiger partial charge is 0.297 e. The number of aromatic nitrogens is 2. The van der Waals surface area contributed by atoms with Gasteiger partial charge in [0.15, 0.2) is 4.47 Å². The standard InChI is InChI=1S/C25H27ClN4OS/c26-25-29-22-16-30(14-11-23(22)32-25)13-10-17-6-8-18(9-7-17)15-28-24(31)20-3-1-5-21-19(20)4-2-12-27-21/h1-5,12,15,17-18H,6-11,13-14,16H2. The van der Waals surface area contributed by atoms with Gasteiger partial charge in [0.1, 0.15) is 0 Å². The number of rotatable bonds is 5. The molecule has 1 aliphatic heterocycles. The number of carbonyl (C=O) groups is 1. The molecule has 0 radical (unpaired) electrons. The van der Waals surface area contributed by atoms with Crippen LogP contribution in [0.25, 0.3) is 10.9 Å². The van der Waals surface area contributed by atoms with Crippen LogP contribution >= 0.6 is 22.9 Å². The Hall–Kier alpha value is -2.15. The number of amides is 1. The number of carbonyl (C=O) groups excluding carboxylic acids is 1. The maximum Gasteiger partial charge on any atom is 0.277 e. The molecule has 1 aliphatic carbocycles. The van der Waals surface area contributed by atoms with Gasteiger partial charge in [0.25, 0.3) is 5.91 Å². The second-order valence-corrected chi connectivity index (χ2v) is 10.6. The molecule has 5 nitrogen and oxygen atoms in total. The maximum atomic E-state index is 12.7. The van der Waals surface area contributed by atoms with Crippen LogP contribution in [0.1, 0.15) is 53.0 Å². The van der Waals surface area contributed by atoms with Crippen LogP contribution in [-0.2, 0) is 13.0 Å². The third kappa shape index (κ3) is 4.92. The van der Waals surface area contributed by atoms with Crippen LogP contribution in [0.2, 0.25) is 4.47 Å². The summed E-state index contributed by atoms with van der Waals surface area (Å²) in [5, 5.41) is 0.866. The van der Waals surface area contributed by atoms with Crippen molar-refractivity contribution in [3.8, 4) is 0 Å². The second kappa shape index (κ2) is 9.77. The van der Waals surface area contributed by atoms with Crippen LogP contribution in [0.3, 0.4) is 0 Å². The van der Waals surface area contributed by atoms with Crippen LogP contribution in [0.15, 0.2) is 41.5 Å². The van der Waals surface area contributed by atoms with E-state index in [0.29, 0.717) is 15.9 Å². The molecule has 2 aromatic heterocycles. The molecule has 1 aromatic carbocycles. The Balaban J connectivity index is 1.09. The van der Waals surface area contributed by atoms with Crippen LogP contribution in [0, 0.1) is 11.8 Å². The third-order valence-corrected chi connectivity index (χ3v) is 8.07. The zero-order valence-electron chi connectivity index (χ0n) is 18.0. The van der Waals surface area contributed by atoms with E-state index in [-0.39, 0.29) is 5.91 Å². The molecular formula is C25H27ClN4OS. The minimum Gasteiger partial charge on any atom is -0.297 e. The van der Waals surface area contributed by atoms with Gasteiger partial charge in [0.05, 0.1) is 16.8 Å². The first-order valence-corrected chi connectivity index (χ1v) is 12.6. The fourth-order valence-electron chi connectivity index (χ4n) is 4.94. The lowest BCUT2D eigenvalue weighted by molar-refractivity contribution is 0.100. The highest BCUT2D eigenvalue weighted by molar-refractivity contribution is 7.15. The molecule has 1 saturated carbocycles. The quantitative estimate of drug-likeness (QED) is 0.445. The van der Waals surface area contributed by atoms with Gasteiger partial charge in [-0.3, -0.25) is 14.7 Å². The molecule has 166 valence electrons. The first kappa shape index (κ1) is 21.7. The van der Waals surface area contributed by atoms with Crippen molar-refractivity contribution >= 4 is 46.0 Å². The Bertz CT molecular complexity index is 1130. The molecule has 0 N–H and O–H groups in total. The average Bonchev–Trinajstić information content (AvgIpc) is 3.20. The molecule has 5 rings (SSSR count). The van der Waals surface area contributed by atoms with Crippen LogP contribution in [-0.4, -0.2) is 40.1 Å². The molecule has 3 aromatic rings. The van der Waals surface area contributed by atoms with E-state index in [1.54, 1.807) is 17.5 Å². The smallest absolute Gasteiger partial charge is 0.277 e. The number of nitrogens with zero attached hydrogens (tertiary/aromatic N) is 4. The van der Waals surface area contributed by atoms with E-state index in [1.807, 2.05) is 36.5 Å². The van der Waals surface area contributed by atoms with Gasteiger partial charge in [-0.2, -0.15) is 0 Å². The van der Waals surface area contributed by atoms with Crippen molar-refractivity contribution in [2.75, 3.05) is 13.1 Å². The summed E-state index contributed by atoms with van der Waals surface area (Å²) in [6, 6.07) is 9.42. The number of halogens is 1. The van der Waals surface area contributed by atoms with Gasteiger partial charge in [-0.25, -0.2) is 9.98 Å². The summed E-state index contributed by atoms with van der Waals surface area (Å²) < 4.78 is 0.674. The van der Waals surface area contributed by atoms with Crippen LogP contribution < -0.4 is 0 Å². The number of fused-ring (bicyclic) bond motifs is 2. The van der Waals surface area contributed by atoms with E-state index >= 15 is 0 Å². The Kier molecular flexibility index (Phi) is 6.62. The van der Waals surface area contributed by atoms with Gasteiger partial charge in [-0.15, -0.1) is 11.3 Å². The van der Waals surface area contributed by atoms with E-state index in [9.17, 15) is 4.79 Å². The van der Waals surface area contributed by atoms with Crippen LogP contribution in [0.5, 0.6) is 0 Å². The Morgan fingerprint density at radius 3 is 2.97 bits per heavy atom. The SMILES string of the molecule is O=C(N=CC1CCC(CCN2CCc3sc(Cl)nc3C2)CC1)c1cccc2ncccc12. The normalized spacial score (nSPS) is 21.8. The molecule has 7 heteroatoms. The van der Waals surface area contributed by atoms with Crippen molar-refractivity contribution in [1.82, 2.24) is 14.9 Å². The molecule has 1 amide bonds. The number of hydrogen-bond acceptors (Lipinski definition) is 5. The van der Waals surface area contributed by atoms with Gasteiger partial charge in [-0.05, 0) is 75.1 Å². The lowest BCUT2D eigenvalue weighted by Crippen LogP contribution is -2.32. The lowest BCUT2D eigenvalue weighted by Gasteiger charge is -2.30. The summed E-state index contributed by atoms with van der Waals surface area (Å²) >= 11 is 7.70. The fourth-order valence-corrected chi connectivity index (χ4v) is 6.10. The first-order chi connectivity index (χ1) is 15.7. The Morgan fingerprint density at radius 2 is 2.09 bits per heavy atom. The highest BCUT2D eigenvalue weighted by atomic mass is 35.5. The topological polar surface area (TPSA) is 58.5 Å². The average molecular weight is 467 g/mol. The Labute approximate surface area is 197 Å². The van der Waals surface area contributed by atoms with E-state index in [2.05, 4.69) is 19.9 Å². The Morgan fingerprint density at radius 1 is 1.22 bits per heavy atom. The highest BCUT2D eigenvalue weighted by Crippen LogP contribution is 2.32. The molecule has 3 heterocycles. The summed E-state index contributed by atoms with van der Waals surface area (Å²) in [5.74, 6) is 0.996. The van der Waals surface area contributed by atoms with E-state index in [4.69, 9.17) is 11.6 Å². The summed E-state index contributed by atoms with van der Waals surface area (Å²) in [6.07, 6.45) is 10.6. The minimum absolute atomic E-state index is 0.169. The molecule has 0 spiro atoms. The van der Waals surface area contributed by atoms with Crippen LogP contribution in [0.4, 0.5) is 0 Å². The van der Waals surface area contributed by atoms with Gasteiger partial charge >= 0.3 is 0 Å². The van der Waals surface area contributed by atoms with Gasteiger partial charge < -0.3 is 0 Å². The second-order valence-electron chi connectivity index (χ2n) is 8.89. The van der Waals surface area contributed by atoms with E-state index < -0.39 is 0 Å². The van der Waals surface area contributed by atoms with Crippen molar-refractivity contribution in [2.45, 2.75) is 45.1 Å². The first-order valence-electron chi connectivity index (χ1n) is 11.4. The molecule has 0 atom stereocenters. The highest BCUT2D eigenvalue weighted by Gasteiger charge is 2.24. The number of pyridine rings is 1. The van der Waals surface area contributed by atoms with Gasteiger partial charge in [0.2, 0.25) is 0 Å². The zero-order valence-corrected chi connectivity index (χ0v) is 19.6. The molecule has 0 unspecified atom stereocenters. The number of aliphatic imine (C=N–C) groups is 1.